The summed E-state index contributed by atoms with van der Waals surface area (Å²) < 4.78 is 5.45. The van der Waals surface area contributed by atoms with Gasteiger partial charge in [-0.25, -0.2) is 4.79 Å². The Morgan fingerprint density at radius 3 is 2.38 bits per heavy atom. The van der Waals surface area contributed by atoms with Crippen LogP contribution in [0.3, 0.4) is 0 Å². The molecule has 1 N–H and O–H groups in total. The Balaban J connectivity index is 2.04. The summed E-state index contributed by atoms with van der Waals surface area (Å²) in [5.41, 5.74) is -0.531. The molecule has 2 fully saturated rings. The first kappa shape index (κ1) is 16.1. The van der Waals surface area contributed by atoms with Crippen molar-refractivity contribution >= 4 is 12.0 Å². The van der Waals surface area contributed by atoms with E-state index in [-0.39, 0.29) is 18.0 Å². The van der Waals surface area contributed by atoms with Crippen LogP contribution in [-0.2, 0) is 9.53 Å². The third-order valence-corrected chi connectivity index (χ3v) is 3.84. The zero-order valence-electron chi connectivity index (χ0n) is 13.4. The second-order valence-corrected chi connectivity index (χ2v) is 6.76. The molecule has 2 heterocycles. The number of hydrogen-bond acceptors (Lipinski definition) is 4. The number of hydrogen-bond donors (Lipinski definition) is 1. The van der Waals surface area contributed by atoms with Gasteiger partial charge >= 0.3 is 6.09 Å². The van der Waals surface area contributed by atoms with Crippen LogP contribution in [0.1, 0.15) is 40.0 Å². The van der Waals surface area contributed by atoms with Crippen LogP contribution < -0.4 is 5.32 Å². The fourth-order valence-corrected chi connectivity index (χ4v) is 2.82. The Hall–Kier alpha value is -1.30. The molecule has 2 aliphatic heterocycles. The van der Waals surface area contributed by atoms with Crippen LogP contribution in [0.15, 0.2) is 0 Å². The number of piperazine rings is 1. The van der Waals surface area contributed by atoms with Gasteiger partial charge in [-0.15, -0.1) is 0 Å². The first-order valence-electron chi connectivity index (χ1n) is 7.87. The number of carbonyl (C=O) groups excluding carboxylic acids is 2. The Morgan fingerprint density at radius 2 is 1.76 bits per heavy atom. The van der Waals surface area contributed by atoms with Gasteiger partial charge in [0.25, 0.3) is 0 Å². The number of piperidine rings is 1. The number of likely N-dealkylation sites (tertiary alicyclic amines) is 1. The highest BCUT2D eigenvalue weighted by Crippen LogP contribution is 2.22. The third kappa shape index (κ3) is 4.33. The fourth-order valence-electron chi connectivity index (χ4n) is 2.82. The standard InChI is InChI=1S/C15H27N3O3/c1-15(2,3)21-14(20)18-9-5-4-6-12(18)13(19)17-10-7-16-8-11-17/h12,16H,4-11H2,1-3H3/t12-/m0/s1. The Kier molecular flexibility index (Phi) is 5.08. The van der Waals surface area contributed by atoms with Crippen molar-refractivity contribution in [2.45, 2.75) is 51.7 Å². The number of nitrogens with zero attached hydrogens (tertiary/aromatic N) is 2. The normalized spacial score (nSPS) is 23.9. The molecule has 21 heavy (non-hydrogen) atoms. The highest BCUT2D eigenvalue weighted by Gasteiger charge is 2.37. The minimum Gasteiger partial charge on any atom is -0.444 e. The third-order valence-electron chi connectivity index (χ3n) is 3.84. The second kappa shape index (κ2) is 6.64. The van der Waals surface area contributed by atoms with Gasteiger partial charge in [-0.1, -0.05) is 0 Å². The van der Waals surface area contributed by atoms with E-state index in [4.69, 9.17) is 4.74 Å². The number of amides is 2. The van der Waals surface area contributed by atoms with E-state index in [0.29, 0.717) is 6.54 Å². The lowest BCUT2D eigenvalue weighted by Crippen LogP contribution is -2.57. The predicted octanol–water partition coefficient (Wildman–Crippen LogP) is 1.21. The van der Waals surface area contributed by atoms with Gasteiger partial charge in [-0.2, -0.15) is 0 Å². The Bertz CT molecular complexity index is 386. The summed E-state index contributed by atoms with van der Waals surface area (Å²) in [7, 11) is 0. The van der Waals surface area contributed by atoms with E-state index >= 15 is 0 Å². The van der Waals surface area contributed by atoms with E-state index in [1.165, 1.54) is 0 Å². The summed E-state index contributed by atoms with van der Waals surface area (Å²) in [4.78, 5) is 28.5. The van der Waals surface area contributed by atoms with Gasteiger partial charge < -0.3 is 15.0 Å². The Morgan fingerprint density at radius 1 is 1.10 bits per heavy atom. The van der Waals surface area contributed by atoms with Gasteiger partial charge in [-0.05, 0) is 40.0 Å². The van der Waals surface area contributed by atoms with Crippen molar-refractivity contribution in [2.24, 2.45) is 0 Å². The van der Waals surface area contributed by atoms with Gasteiger partial charge in [0.15, 0.2) is 0 Å². The van der Waals surface area contributed by atoms with E-state index < -0.39 is 5.60 Å². The lowest BCUT2D eigenvalue weighted by Gasteiger charge is -2.39. The first-order valence-corrected chi connectivity index (χ1v) is 7.87. The minimum absolute atomic E-state index is 0.0714. The molecule has 0 bridgehead atoms. The van der Waals surface area contributed by atoms with E-state index in [2.05, 4.69) is 5.32 Å². The van der Waals surface area contributed by atoms with Crippen LogP contribution >= 0.6 is 0 Å². The van der Waals surface area contributed by atoms with Crippen LogP contribution in [-0.4, -0.2) is 66.2 Å². The molecule has 0 saturated carbocycles. The predicted molar refractivity (Wildman–Crippen MR) is 80.0 cm³/mol. The topological polar surface area (TPSA) is 61.9 Å². The molecule has 0 aromatic heterocycles. The van der Waals surface area contributed by atoms with Crippen LogP contribution in [0.5, 0.6) is 0 Å². The lowest BCUT2D eigenvalue weighted by molar-refractivity contribution is -0.138. The highest BCUT2D eigenvalue weighted by molar-refractivity contribution is 5.86. The smallest absolute Gasteiger partial charge is 0.410 e. The van der Waals surface area contributed by atoms with Crippen LogP contribution in [0, 0.1) is 0 Å². The van der Waals surface area contributed by atoms with Crippen molar-refractivity contribution in [1.29, 1.82) is 0 Å². The molecular weight excluding hydrogens is 270 g/mol. The van der Waals surface area contributed by atoms with E-state index in [1.807, 2.05) is 25.7 Å². The molecule has 2 amide bonds. The lowest BCUT2D eigenvalue weighted by atomic mass is 10.0. The molecule has 1 atom stereocenters. The summed E-state index contributed by atoms with van der Waals surface area (Å²) in [6, 6.07) is -0.355. The molecule has 120 valence electrons. The summed E-state index contributed by atoms with van der Waals surface area (Å²) in [5.74, 6) is 0.0714. The first-order chi connectivity index (χ1) is 9.88. The quantitative estimate of drug-likeness (QED) is 0.790. The maximum atomic E-state index is 12.7. The molecule has 0 aromatic carbocycles. The molecule has 0 spiro atoms. The van der Waals surface area contributed by atoms with Crippen LogP contribution in [0.4, 0.5) is 4.79 Å². The molecule has 0 unspecified atom stereocenters. The van der Waals surface area contributed by atoms with Crippen molar-refractivity contribution in [2.75, 3.05) is 32.7 Å². The fraction of sp³-hybridized carbons (Fsp3) is 0.867. The van der Waals surface area contributed by atoms with Crippen molar-refractivity contribution in [3.8, 4) is 0 Å². The maximum Gasteiger partial charge on any atom is 0.410 e. The van der Waals surface area contributed by atoms with Crippen molar-refractivity contribution in [3.05, 3.63) is 0 Å². The average Bonchev–Trinajstić information content (AvgIpc) is 2.45. The zero-order valence-corrected chi connectivity index (χ0v) is 13.4. The number of rotatable bonds is 1. The molecule has 0 aromatic rings. The molecular formula is C15H27N3O3. The number of carbonyl (C=O) groups is 2. The molecule has 2 rings (SSSR count). The number of ether oxygens (including phenoxy) is 1. The van der Waals surface area contributed by atoms with Crippen LogP contribution in [0.25, 0.3) is 0 Å². The van der Waals surface area contributed by atoms with Crippen molar-refractivity contribution in [1.82, 2.24) is 15.1 Å². The summed E-state index contributed by atoms with van der Waals surface area (Å²) in [6.45, 7) is 9.24. The molecule has 2 aliphatic rings. The highest BCUT2D eigenvalue weighted by atomic mass is 16.6. The van der Waals surface area contributed by atoms with Crippen LogP contribution in [0.2, 0.25) is 0 Å². The van der Waals surface area contributed by atoms with Crippen molar-refractivity contribution < 1.29 is 14.3 Å². The van der Waals surface area contributed by atoms with Gasteiger partial charge in [-0.3, -0.25) is 9.69 Å². The summed E-state index contributed by atoms with van der Waals surface area (Å²) >= 11 is 0. The summed E-state index contributed by atoms with van der Waals surface area (Å²) in [6.07, 6.45) is 2.30. The molecule has 0 radical (unpaired) electrons. The molecule has 0 aliphatic carbocycles. The van der Waals surface area contributed by atoms with Crippen molar-refractivity contribution in [3.63, 3.8) is 0 Å². The van der Waals surface area contributed by atoms with Gasteiger partial charge in [0.1, 0.15) is 11.6 Å². The Labute approximate surface area is 126 Å². The van der Waals surface area contributed by atoms with Gasteiger partial charge in [0, 0.05) is 32.7 Å². The van der Waals surface area contributed by atoms with Gasteiger partial charge in [0.2, 0.25) is 5.91 Å². The maximum absolute atomic E-state index is 12.7. The van der Waals surface area contributed by atoms with E-state index in [9.17, 15) is 9.59 Å². The molecule has 2 saturated heterocycles. The minimum atomic E-state index is -0.531. The molecule has 6 heteroatoms. The number of nitrogens with one attached hydrogen (secondary N) is 1. The largest absolute Gasteiger partial charge is 0.444 e. The van der Waals surface area contributed by atoms with Gasteiger partial charge in [0.05, 0.1) is 0 Å². The monoisotopic (exact) mass is 297 g/mol. The SMILES string of the molecule is CC(C)(C)OC(=O)N1CCCC[C@H]1C(=O)N1CCNCC1. The second-order valence-electron chi connectivity index (χ2n) is 6.76. The average molecular weight is 297 g/mol. The summed E-state index contributed by atoms with van der Waals surface area (Å²) in [5, 5.41) is 3.24. The molecule has 6 nitrogen and oxygen atoms in total. The van der Waals surface area contributed by atoms with E-state index in [1.54, 1.807) is 4.90 Å². The zero-order chi connectivity index (χ0) is 15.5. The van der Waals surface area contributed by atoms with E-state index in [0.717, 1.165) is 45.4 Å².